The van der Waals surface area contributed by atoms with Crippen LogP contribution in [0.2, 0.25) is 5.02 Å². The van der Waals surface area contributed by atoms with E-state index in [0.717, 1.165) is 6.42 Å². The Morgan fingerprint density at radius 1 is 1.42 bits per heavy atom. The molecule has 0 aliphatic carbocycles. The molecule has 1 amide bonds. The van der Waals surface area contributed by atoms with Crippen molar-refractivity contribution in [2.24, 2.45) is 0 Å². The lowest BCUT2D eigenvalue weighted by atomic mass is 10.2. The molecule has 0 fully saturated rings. The van der Waals surface area contributed by atoms with E-state index in [9.17, 15) is 4.79 Å². The number of ether oxygens (including phenoxy) is 2. The number of nitrogens with one attached hydrogen (secondary N) is 1. The van der Waals surface area contributed by atoms with Crippen LogP contribution in [0.25, 0.3) is 0 Å². The summed E-state index contributed by atoms with van der Waals surface area (Å²) in [5.41, 5.74) is 0.536. The van der Waals surface area contributed by atoms with E-state index in [0.29, 0.717) is 41.8 Å². The molecule has 19 heavy (non-hydrogen) atoms. The zero-order valence-corrected chi connectivity index (χ0v) is 12.9. The molecule has 0 bridgehead atoms. The fourth-order valence-corrected chi connectivity index (χ4v) is 1.99. The smallest absolute Gasteiger partial charge is 0.238 e. The van der Waals surface area contributed by atoms with Gasteiger partial charge >= 0.3 is 0 Å². The van der Waals surface area contributed by atoms with Crippen molar-refractivity contribution in [1.82, 2.24) is 0 Å². The van der Waals surface area contributed by atoms with Gasteiger partial charge in [0.05, 0.1) is 28.8 Å². The van der Waals surface area contributed by atoms with Crippen molar-refractivity contribution in [3.8, 4) is 11.5 Å². The van der Waals surface area contributed by atoms with Crippen molar-refractivity contribution in [1.29, 1.82) is 0 Å². The molecule has 2 rings (SSSR count). The molecule has 0 saturated carbocycles. The van der Waals surface area contributed by atoms with Gasteiger partial charge < -0.3 is 14.8 Å². The van der Waals surface area contributed by atoms with Crippen molar-refractivity contribution in [3.63, 3.8) is 0 Å². The molecule has 1 aromatic carbocycles. The van der Waals surface area contributed by atoms with E-state index in [1.54, 1.807) is 12.1 Å². The van der Waals surface area contributed by atoms with Crippen LogP contribution in [0.3, 0.4) is 0 Å². The molecule has 1 atom stereocenters. The highest BCUT2D eigenvalue weighted by atomic mass is 79.9. The molecule has 0 aromatic heterocycles. The van der Waals surface area contributed by atoms with Gasteiger partial charge in [-0.1, -0.05) is 34.5 Å². The zero-order chi connectivity index (χ0) is 13.8. The second-order valence-corrected chi connectivity index (χ2v) is 5.71. The summed E-state index contributed by atoms with van der Waals surface area (Å²) in [5.74, 6) is 1.10. The maximum atomic E-state index is 11.8. The van der Waals surface area contributed by atoms with Gasteiger partial charge in [-0.3, -0.25) is 4.79 Å². The average Bonchev–Trinajstić information content (AvgIpc) is 2.63. The number of hydrogen-bond donors (Lipinski definition) is 1. The van der Waals surface area contributed by atoms with Crippen LogP contribution in [0.4, 0.5) is 5.69 Å². The third-order valence-corrected chi connectivity index (χ3v) is 4.11. The highest BCUT2D eigenvalue weighted by Crippen LogP contribution is 2.37. The lowest BCUT2D eigenvalue weighted by Gasteiger charge is -2.13. The van der Waals surface area contributed by atoms with Gasteiger partial charge in [0.15, 0.2) is 11.5 Å². The number of benzene rings is 1. The SMILES string of the molecule is CCC(Br)C(=O)Nc1cc2c(cc1Cl)OCCCO2. The normalized spacial score (nSPS) is 15.5. The molecule has 0 radical (unpaired) electrons. The monoisotopic (exact) mass is 347 g/mol. The molecule has 4 nitrogen and oxygen atoms in total. The van der Waals surface area contributed by atoms with Gasteiger partial charge in [0.2, 0.25) is 5.91 Å². The predicted molar refractivity (Wildman–Crippen MR) is 78.7 cm³/mol. The molecule has 1 N–H and O–H groups in total. The summed E-state index contributed by atoms with van der Waals surface area (Å²) < 4.78 is 11.1. The first-order valence-electron chi connectivity index (χ1n) is 6.16. The van der Waals surface area contributed by atoms with E-state index in [-0.39, 0.29) is 10.7 Å². The van der Waals surface area contributed by atoms with Crippen molar-refractivity contribution in [3.05, 3.63) is 17.2 Å². The van der Waals surface area contributed by atoms with Crippen LogP contribution in [0.1, 0.15) is 19.8 Å². The fourth-order valence-electron chi connectivity index (χ4n) is 1.68. The number of fused-ring (bicyclic) bond motifs is 1. The second kappa shape index (κ2) is 6.48. The Bertz CT molecular complexity index is 481. The number of carbonyl (C=O) groups is 1. The molecule has 0 spiro atoms. The summed E-state index contributed by atoms with van der Waals surface area (Å²) >= 11 is 9.44. The highest BCUT2D eigenvalue weighted by molar-refractivity contribution is 9.10. The third kappa shape index (κ3) is 3.54. The Morgan fingerprint density at radius 3 is 2.68 bits per heavy atom. The van der Waals surface area contributed by atoms with Crippen LogP contribution in [0.5, 0.6) is 11.5 Å². The number of hydrogen-bond acceptors (Lipinski definition) is 3. The van der Waals surface area contributed by atoms with Crippen LogP contribution in [-0.4, -0.2) is 23.9 Å². The van der Waals surface area contributed by atoms with Gasteiger partial charge in [-0.25, -0.2) is 0 Å². The van der Waals surface area contributed by atoms with E-state index in [2.05, 4.69) is 21.2 Å². The standard InChI is InChI=1S/C13H15BrClNO3/c1-2-8(14)13(17)16-10-7-12-11(6-9(10)15)18-4-3-5-19-12/h6-8H,2-5H2,1H3,(H,16,17). The lowest BCUT2D eigenvalue weighted by molar-refractivity contribution is -0.115. The Balaban J connectivity index is 2.22. The Labute approximate surface area is 125 Å². The molecule has 1 unspecified atom stereocenters. The number of alkyl halides is 1. The van der Waals surface area contributed by atoms with Gasteiger partial charge in [0, 0.05) is 18.6 Å². The van der Waals surface area contributed by atoms with E-state index in [4.69, 9.17) is 21.1 Å². The first-order valence-corrected chi connectivity index (χ1v) is 7.45. The van der Waals surface area contributed by atoms with Crippen molar-refractivity contribution < 1.29 is 14.3 Å². The summed E-state index contributed by atoms with van der Waals surface area (Å²) in [6.45, 7) is 3.13. The fraction of sp³-hybridized carbons (Fsp3) is 0.462. The van der Waals surface area contributed by atoms with Crippen molar-refractivity contribution in [2.45, 2.75) is 24.6 Å². The largest absolute Gasteiger partial charge is 0.490 e. The lowest BCUT2D eigenvalue weighted by Crippen LogP contribution is -2.22. The number of halogens is 2. The number of anilines is 1. The van der Waals surface area contributed by atoms with Gasteiger partial charge in [-0.05, 0) is 6.42 Å². The molecular formula is C13H15BrClNO3. The van der Waals surface area contributed by atoms with Crippen LogP contribution in [-0.2, 0) is 4.79 Å². The summed E-state index contributed by atoms with van der Waals surface area (Å²) in [6, 6.07) is 3.38. The Hall–Kier alpha value is -0.940. The third-order valence-electron chi connectivity index (χ3n) is 2.74. The van der Waals surface area contributed by atoms with Crippen LogP contribution >= 0.6 is 27.5 Å². The maximum Gasteiger partial charge on any atom is 0.238 e. The van der Waals surface area contributed by atoms with Crippen LogP contribution in [0.15, 0.2) is 12.1 Å². The van der Waals surface area contributed by atoms with Crippen LogP contribution in [0, 0.1) is 0 Å². The molecule has 6 heteroatoms. The summed E-state index contributed by atoms with van der Waals surface area (Å²) in [7, 11) is 0. The Kier molecular flexibility index (Phi) is 4.93. The van der Waals surface area contributed by atoms with Crippen molar-refractivity contribution in [2.75, 3.05) is 18.5 Å². The summed E-state index contributed by atoms with van der Waals surface area (Å²) in [4.78, 5) is 11.6. The maximum absolute atomic E-state index is 11.8. The highest BCUT2D eigenvalue weighted by Gasteiger charge is 2.18. The molecule has 0 saturated heterocycles. The van der Waals surface area contributed by atoms with Gasteiger partial charge in [-0.2, -0.15) is 0 Å². The van der Waals surface area contributed by atoms with Crippen molar-refractivity contribution >= 4 is 39.1 Å². The van der Waals surface area contributed by atoms with E-state index < -0.39 is 0 Å². The second-order valence-electron chi connectivity index (χ2n) is 4.19. The molecule has 1 aliphatic heterocycles. The number of carbonyl (C=O) groups excluding carboxylic acids is 1. The minimum absolute atomic E-state index is 0.126. The first-order chi connectivity index (χ1) is 9.11. The Morgan fingerprint density at radius 2 is 2.05 bits per heavy atom. The van der Waals surface area contributed by atoms with E-state index in [1.165, 1.54) is 0 Å². The molecular weight excluding hydrogens is 334 g/mol. The minimum Gasteiger partial charge on any atom is -0.490 e. The zero-order valence-electron chi connectivity index (χ0n) is 10.5. The predicted octanol–water partition coefficient (Wildman–Crippen LogP) is 3.61. The van der Waals surface area contributed by atoms with Crippen LogP contribution < -0.4 is 14.8 Å². The van der Waals surface area contributed by atoms with Gasteiger partial charge in [0.1, 0.15) is 0 Å². The summed E-state index contributed by atoms with van der Waals surface area (Å²) in [5, 5.41) is 3.22. The minimum atomic E-state index is -0.237. The van der Waals surface area contributed by atoms with Gasteiger partial charge in [-0.15, -0.1) is 0 Å². The first kappa shape index (κ1) is 14.5. The average molecular weight is 349 g/mol. The van der Waals surface area contributed by atoms with E-state index in [1.807, 2.05) is 6.92 Å². The van der Waals surface area contributed by atoms with E-state index >= 15 is 0 Å². The number of amides is 1. The quantitative estimate of drug-likeness (QED) is 0.849. The van der Waals surface area contributed by atoms with Gasteiger partial charge in [0.25, 0.3) is 0 Å². The molecule has 1 aromatic rings. The molecule has 1 heterocycles. The summed E-state index contributed by atoms with van der Waals surface area (Å²) in [6.07, 6.45) is 1.53. The number of rotatable bonds is 3. The molecule has 1 aliphatic rings. The topological polar surface area (TPSA) is 47.6 Å². The molecule has 104 valence electrons.